The maximum Gasteiger partial charge on any atom is 0.261 e. The highest BCUT2D eigenvalue weighted by Crippen LogP contribution is 2.32. The van der Waals surface area contributed by atoms with Gasteiger partial charge in [0.2, 0.25) is 17.8 Å². The van der Waals surface area contributed by atoms with Gasteiger partial charge in [0.1, 0.15) is 5.52 Å². The summed E-state index contributed by atoms with van der Waals surface area (Å²) in [5.74, 6) is 1.14. The number of aromatic nitrogens is 4. The monoisotopic (exact) mass is 661 g/mol. The Morgan fingerprint density at radius 3 is 2.28 bits per heavy atom. The van der Waals surface area contributed by atoms with E-state index in [1.54, 1.807) is 6.20 Å². The van der Waals surface area contributed by atoms with Crippen LogP contribution < -0.4 is 15.5 Å². The number of nitrogens with one attached hydrogen (secondary N) is 2. The summed E-state index contributed by atoms with van der Waals surface area (Å²) >= 11 is 0. The second-order valence-electron chi connectivity index (χ2n) is 12.1. The Balaban J connectivity index is 0.000000807. The topological polar surface area (TPSA) is 149 Å². The maximum absolute atomic E-state index is 12.5. The Kier molecular flexibility index (Phi) is 10.7. The molecule has 2 aromatic carbocycles. The highest BCUT2D eigenvalue weighted by Gasteiger charge is 2.28. The predicted molar refractivity (Wildman–Crippen MR) is 186 cm³/mol. The number of nitrogens with zero attached hydrogens (tertiary/aromatic N) is 7. The summed E-state index contributed by atoms with van der Waals surface area (Å²) in [4.78, 5) is 33.5. The lowest BCUT2D eigenvalue weighted by Gasteiger charge is -2.36. The lowest BCUT2D eigenvalue weighted by Crippen LogP contribution is -2.41. The van der Waals surface area contributed by atoms with Crippen LogP contribution in [0.2, 0.25) is 0 Å². The largest absolute Gasteiger partial charge is 0.371 e. The molecule has 0 bridgehead atoms. The van der Waals surface area contributed by atoms with Crippen molar-refractivity contribution in [3.63, 3.8) is 0 Å². The lowest BCUT2D eigenvalue weighted by atomic mass is 10.0. The Morgan fingerprint density at radius 1 is 0.979 bits per heavy atom. The number of carbonyl (C=O) groups is 1. The summed E-state index contributed by atoms with van der Waals surface area (Å²) in [6.45, 7) is 7.11. The molecule has 1 unspecified atom stereocenters. The molecule has 0 saturated carbocycles. The van der Waals surface area contributed by atoms with E-state index in [2.05, 4.69) is 74.9 Å². The van der Waals surface area contributed by atoms with Crippen LogP contribution in [0.25, 0.3) is 11.2 Å². The number of amides is 1. The van der Waals surface area contributed by atoms with E-state index >= 15 is 0 Å². The number of piperidine rings is 2. The van der Waals surface area contributed by atoms with E-state index < -0.39 is 10.1 Å². The zero-order valence-electron chi connectivity index (χ0n) is 27.1. The van der Waals surface area contributed by atoms with E-state index in [1.807, 2.05) is 35.2 Å². The van der Waals surface area contributed by atoms with E-state index in [0.717, 1.165) is 49.5 Å². The van der Waals surface area contributed by atoms with Gasteiger partial charge in [-0.25, -0.2) is 9.97 Å². The molecule has 6 rings (SSSR count). The second-order valence-corrected chi connectivity index (χ2v) is 13.5. The molecule has 2 aromatic heterocycles. The van der Waals surface area contributed by atoms with Gasteiger partial charge in [0.25, 0.3) is 10.1 Å². The number of imidazole rings is 1. The zero-order valence-corrected chi connectivity index (χ0v) is 27.9. The van der Waals surface area contributed by atoms with Gasteiger partial charge in [-0.15, -0.1) is 0 Å². The maximum atomic E-state index is 12.5. The normalized spacial score (nSPS) is 17.3. The third-order valence-electron chi connectivity index (χ3n) is 8.39. The van der Waals surface area contributed by atoms with Crippen molar-refractivity contribution in [2.75, 3.05) is 62.1 Å². The second kappa shape index (κ2) is 14.9. The summed E-state index contributed by atoms with van der Waals surface area (Å²) in [5, 5.41) is 6.85. The van der Waals surface area contributed by atoms with Gasteiger partial charge in [0.05, 0.1) is 18.5 Å². The number of rotatable bonds is 8. The fourth-order valence-electron chi connectivity index (χ4n) is 6.06. The summed E-state index contributed by atoms with van der Waals surface area (Å²) < 4.78 is 28.0. The molecule has 2 fully saturated rings. The Bertz CT molecular complexity index is 1760. The lowest BCUT2D eigenvalue weighted by molar-refractivity contribution is -0.127. The molecule has 14 heteroatoms. The van der Waals surface area contributed by atoms with Gasteiger partial charge in [-0.2, -0.15) is 13.4 Å². The van der Waals surface area contributed by atoms with Crippen LogP contribution in [0.3, 0.4) is 0 Å². The van der Waals surface area contributed by atoms with E-state index in [-0.39, 0.29) is 11.9 Å². The van der Waals surface area contributed by atoms with Gasteiger partial charge >= 0.3 is 0 Å². The van der Waals surface area contributed by atoms with Crippen LogP contribution in [0.15, 0.2) is 73.4 Å². The minimum Gasteiger partial charge on any atom is -0.371 e. The van der Waals surface area contributed by atoms with Gasteiger partial charge in [0.15, 0.2) is 5.65 Å². The summed E-state index contributed by atoms with van der Waals surface area (Å²) in [6, 6.07) is 19.1. The molecule has 2 saturated heterocycles. The van der Waals surface area contributed by atoms with Gasteiger partial charge in [-0.1, -0.05) is 24.8 Å². The van der Waals surface area contributed by atoms with Crippen LogP contribution in [0.5, 0.6) is 0 Å². The van der Waals surface area contributed by atoms with Gasteiger partial charge in [0, 0.05) is 49.3 Å². The van der Waals surface area contributed by atoms with Crippen molar-refractivity contribution in [2.24, 2.45) is 0 Å². The van der Waals surface area contributed by atoms with Crippen molar-refractivity contribution in [3.05, 3.63) is 73.4 Å². The molecule has 3 N–H and O–H groups in total. The molecule has 0 aliphatic carbocycles. The number of benzene rings is 2. The molecule has 2 aliphatic rings. The number of fused-ring (bicyclic) bond motifs is 1. The average molecular weight is 662 g/mol. The smallest absolute Gasteiger partial charge is 0.261 e. The molecule has 13 nitrogen and oxygen atoms in total. The van der Waals surface area contributed by atoms with Crippen molar-refractivity contribution in [1.29, 1.82) is 0 Å². The van der Waals surface area contributed by atoms with E-state index in [9.17, 15) is 13.2 Å². The molecule has 4 aromatic rings. The van der Waals surface area contributed by atoms with E-state index in [4.69, 9.17) is 14.5 Å². The quantitative estimate of drug-likeness (QED) is 0.178. The number of anilines is 5. The van der Waals surface area contributed by atoms with Crippen molar-refractivity contribution in [1.82, 2.24) is 29.3 Å². The van der Waals surface area contributed by atoms with Gasteiger partial charge in [-0.3, -0.25) is 13.9 Å². The van der Waals surface area contributed by atoms with Crippen LogP contribution >= 0.6 is 0 Å². The van der Waals surface area contributed by atoms with Gasteiger partial charge < -0.3 is 25.3 Å². The molecule has 0 radical (unpaired) electrons. The Labute approximate surface area is 276 Å². The molecule has 2 aliphatic heterocycles. The van der Waals surface area contributed by atoms with Crippen molar-refractivity contribution < 1.29 is 17.8 Å². The summed E-state index contributed by atoms with van der Waals surface area (Å²) in [6.07, 6.45) is 8.02. The van der Waals surface area contributed by atoms with Crippen molar-refractivity contribution in [2.45, 2.75) is 37.8 Å². The van der Waals surface area contributed by atoms with Crippen molar-refractivity contribution >= 4 is 56.1 Å². The number of likely N-dealkylation sites (tertiary alicyclic amines) is 1. The summed E-state index contributed by atoms with van der Waals surface area (Å²) in [5.41, 5.74) is 4.52. The Hall–Kier alpha value is -4.53. The van der Waals surface area contributed by atoms with Crippen molar-refractivity contribution in [3.8, 4) is 0 Å². The zero-order chi connectivity index (χ0) is 33.6. The standard InChI is InChI=1S/C32H39N9O.CH4O3S/c1-4-29(42)40-18-8-11-27(22-40)41-30-28(36-32(41)35-23-9-6-5-7-10-23)21-33-31(37-30)34-24-12-14-26(15-13-24)39-19-16-25(17-20-39)38(2)3;1-5(2,3)4/h4-7,9-10,12-15,21,25,27H,1,8,11,16-20,22H2,2-3H3,(H,35,36)(H,33,34,37);1H3,(H,2,3,4). The molecule has 47 heavy (non-hydrogen) atoms. The van der Waals surface area contributed by atoms with E-state index in [0.29, 0.717) is 36.3 Å². The highest BCUT2D eigenvalue weighted by atomic mass is 32.2. The summed E-state index contributed by atoms with van der Waals surface area (Å²) in [7, 11) is 0.670. The first-order valence-electron chi connectivity index (χ1n) is 15.7. The Morgan fingerprint density at radius 2 is 1.64 bits per heavy atom. The van der Waals surface area contributed by atoms with Crippen LogP contribution in [0, 0.1) is 0 Å². The molecule has 1 amide bonds. The third-order valence-corrected chi connectivity index (χ3v) is 8.39. The van der Waals surface area contributed by atoms with Crippen LogP contribution in [0.4, 0.5) is 29.0 Å². The molecular formula is C33H43N9O4S. The fraction of sp³-hybridized carbons (Fsp3) is 0.394. The molecule has 250 valence electrons. The van der Waals surface area contributed by atoms with Crippen LogP contribution in [-0.4, -0.2) is 101 Å². The number of hydrogen-bond acceptors (Lipinski definition) is 10. The first-order chi connectivity index (χ1) is 22.5. The number of para-hydroxylation sites is 1. The van der Waals surface area contributed by atoms with Crippen LogP contribution in [0.1, 0.15) is 31.7 Å². The van der Waals surface area contributed by atoms with Gasteiger partial charge in [-0.05, 0) is 82.3 Å². The fourth-order valence-corrected chi connectivity index (χ4v) is 6.06. The predicted octanol–water partition coefficient (Wildman–Crippen LogP) is 4.70. The first kappa shape index (κ1) is 33.8. The molecule has 4 heterocycles. The third kappa shape index (κ3) is 9.05. The minimum atomic E-state index is -3.67. The molecular weight excluding hydrogens is 618 g/mol. The number of hydrogen-bond donors (Lipinski definition) is 3. The highest BCUT2D eigenvalue weighted by molar-refractivity contribution is 7.85. The minimum absolute atomic E-state index is 0.0116. The average Bonchev–Trinajstić information content (AvgIpc) is 3.41. The SMILES string of the molecule is C=CC(=O)N1CCCC(n2c(Nc3ccccc3)nc3cnc(Nc4ccc(N5CCC(N(C)C)CC5)cc4)nc32)C1.CS(=O)(=O)O. The molecule has 0 spiro atoms. The van der Waals surface area contributed by atoms with Crippen LogP contribution in [-0.2, 0) is 14.9 Å². The first-order valence-corrected chi connectivity index (χ1v) is 17.5. The number of carbonyl (C=O) groups excluding carboxylic acids is 1. The molecule has 1 atom stereocenters. The van der Waals surface area contributed by atoms with E-state index in [1.165, 1.54) is 24.6 Å².